The third-order valence-electron chi connectivity index (χ3n) is 4.84. The Balaban J connectivity index is 1.48. The molecule has 2 aromatic rings. The van der Waals surface area contributed by atoms with E-state index in [1.807, 2.05) is 37.3 Å². The van der Waals surface area contributed by atoms with E-state index in [2.05, 4.69) is 25.9 Å². The molecule has 0 atom stereocenters. The third kappa shape index (κ3) is 6.17. The van der Waals surface area contributed by atoms with Gasteiger partial charge < -0.3 is 20.7 Å². The van der Waals surface area contributed by atoms with E-state index in [4.69, 9.17) is 4.74 Å². The second-order valence-electron chi connectivity index (χ2n) is 7.10. The van der Waals surface area contributed by atoms with Gasteiger partial charge in [0.05, 0.1) is 7.11 Å². The summed E-state index contributed by atoms with van der Waals surface area (Å²) < 4.78 is 5.16. The maximum absolute atomic E-state index is 12.2. The van der Waals surface area contributed by atoms with Crippen molar-refractivity contribution < 1.29 is 14.3 Å². The number of carbonyl (C=O) groups excluding carboxylic acids is 2. The lowest BCUT2D eigenvalue weighted by Gasteiger charge is -2.20. The summed E-state index contributed by atoms with van der Waals surface area (Å²) in [5.41, 5.74) is 1.72. The van der Waals surface area contributed by atoms with Crippen LogP contribution in [0.5, 0.6) is 5.75 Å². The number of aromatic nitrogens is 2. The number of rotatable bonds is 8. The molecule has 0 spiro atoms. The van der Waals surface area contributed by atoms with Gasteiger partial charge in [0.2, 0.25) is 11.9 Å². The number of benzene rings is 1. The van der Waals surface area contributed by atoms with Crippen molar-refractivity contribution in [3.05, 3.63) is 36.0 Å². The Morgan fingerprint density at radius 1 is 1.14 bits per heavy atom. The zero-order chi connectivity index (χ0) is 20.6. The zero-order valence-electron chi connectivity index (χ0n) is 16.8. The summed E-state index contributed by atoms with van der Waals surface area (Å²) in [5.74, 6) is 2.19. The number of ether oxygens (including phenoxy) is 1. The molecular formula is C21H27N5O3. The molecule has 0 radical (unpaired) electrons. The first-order chi connectivity index (χ1) is 14.0. The number of aryl methyl sites for hydroxylation is 1. The molecule has 1 fully saturated rings. The van der Waals surface area contributed by atoms with Gasteiger partial charge in [-0.05, 0) is 44.0 Å². The number of ketones is 1. The third-order valence-corrected chi connectivity index (χ3v) is 4.84. The molecule has 8 nitrogen and oxygen atoms in total. The molecule has 0 saturated heterocycles. The van der Waals surface area contributed by atoms with Crippen LogP contribution in [0.15, 0.2) is 30.3 Å². The SMILES string of the molecule is COc1ccc(Nc2cc(C)nc(NCCNC(=O)C3CCC(=O)CC3)n2)cc1. The topological polar surface area (TPSA) is 105 Å². The first-order valence-corrected chi connectivity index (χ1v) is 9.83. The van der Waals surface area contributed by atoms with E-state index in [-0.39, 0.29) is 17.6 Å². The predicted octanol–water partition coefficient (Wildman–Crippen LogP) is 2.82. The van der Waals surface area contributed by atoms with Crippen LogP contribution in [-0.4, -0.2) is 41.9 Å². The van der Waals surface area contributed by atoms with E-state index < -0.39 is 0 Å². The van der Waals surface area contributed by atoms with Crippen molar-refractivity contribution in [1.82, 2.24) is 15.3 Å². The van der Waals surface area contributed by atoms with Crippen molar-refractivity contribution in [1.29, 1.82) is 0 Å². The molecule has 3 rings (SSSR count). The van der Waals surface area contributed by atoms with Crippen LogP contribution in [0.1, 0.15) is 31.4 Å². The quantitative estimate of drug-likeness (QED) is 0.588. The number of nitrogens with zero attached hydrogens (tertiary/aromatic N) is 2. The first-order valence-electron chi connectivity index (χ1n) is 9.83. The molecule has 29 heavy (non-hydrogen) atoms. The zero-order valence-corrected chi connectivity index (χ0v) is 16.8. The Labute approximate surface area is 170 Å². The van der Waals surface area contributed by atoms with Crippen molar-refractivity contribution in [3.63, 3.8) is 0 Å². The van der Waals surface area contributed by atoms with Gasteiger partial charge in [0.15, 0.2) is 0 Å². The molecule has 1 aromatic heterocycles. The Morgan fingerprint density at radius 2 is 1.86 bits per heavy atom. The lowest BCUT2D eigenvalue weighted by molar-refractivity contribution is -0.128. The molecule has 154 valence electrons. The fourth-order valence-corrected chi connectivity index (χ4v) is 3.24. The number of anilines is 3. The van der Waals surface area contributed by atoms with Gasteiger partial charge in [-0.25, -0.2) is 4.98 Å². The van der Waals surface area contributed by atoms with Crippen LogP contribution >= 0.6 is 0 Å². The van der Waals surface area contributed by atoms with Crippen molar-refractivity contribution in [2.75, 3.05) is 30.8 Å². The molecule has 0 unspecified atom stereocenters. The highest BCUT2D eigenvalue weighted by Gasteiger charge is 2.24. The molecule has 0 bridgehead atoms. The molecule has 1 aromatic carbocycles. The molecule has 1 amide bonds. The van der Waals surface area contributed by atoms with Crippen LogP contribution in [0.25, 0.3) is 0 Å². The standard InChI is InChI=1S/C21H27N5O3/c1-14-13-19(25-16-5-9-18(29-2)10-6-16)26-21(24-14)23-12-11-22-20(28)15-3-7-17(27)8-4-15/h5-6,9-10,13,15H,3-4,7-8,11-12H2,1-2H3,(H,22,28)(H2,23,24,25,26). The first kappa shape index (κ1) is 20.6. The Bertz CT molecular complexity index is 844. The number of amides is 1. The second kappa shape index (κ2) is 9.86. The van der Waals surface area contributed by atoms with E-state index >= 15 is 0 Å². The van der Waals surface area contributed by atoms with E-state index in [1.54, 1.807) is 7.11 Å². The molecular weight excluding hydrogens is 370 g/mol. The fraction of sp³-hybridized carbons (Fsp3) is 0.429. The fourth-order valence-electron chi connectivity index (χ4n) is 3.24. The van der Waals surface area contributed by atoms with E-state index in [0.717, 1.165) is 17.1 Å². The van der Waals surface area contributed by atoms with Crippen LogP contribution in [0.2, 0.25) is 0 Å². The normalized spacial score (nSPS) is 14.3. The van der Waals surface area contributed by atoms with Crippen LogP contribution in [-0.2, 0) is 9.59 Å². The van der Waals surface area contributed by atoms with Gasteiger partial charge in [-0.15, -0.1) is 0 Å². The summed E-state index contributed by atoms with van der Waals surface area (Å²) in [6.45, 7) is 2.89. The van der Waals surface area contributed by atoms with E-state index in [1.165, 1.54) is 0 Å². The van der Waals surface area contributed by atoms with Crippen LogP contribution in [0.3, 0.4) is 0 Å². The van der Waals surface area contributed by atoms with Crippen molar-refractivity contribution in [2.24, 2.45) is 5.92 Å². The summed E-state index contributed by atoms with van der Waals surface area (Å²) >= 11 is 0. The summed E-state index contributed by atoms with van der Waals surface area (Å²) in [7, 11) is 1.63. The summed E-state index contributed by atoms with van der Waals surface area (Å²) in [5, 5.41) is 9.31. The lowest BCUT2D eigenvalue weighted by atomic mass is 9.88. The van der Waals surface area contributed by atoms with Crippen molar-refractivity contribution in [3.8, 4) is 5.75 Å². The summed E-state index contributed by atoms with van der Waals surface area (Å²) in [4.78, 5) is 32.3. The minimum absolute atomic E-state index is 0.0197. The smallest absolute Gasteiger partial charge is 0.224 e. The number of hydrogen-bond acceptors (Lipinski definition) is 7. The molecule has 8 heteroatoms. The summed E-state index contributed by atoms with van der Waals surface area (Å²) in [6, 6.07) is 9.44. The number of methoxy groups -OCH3 is 1. The summed E-state index contributed by atoms with van der Waals surface area (Å²) in [6.07, 6.45) is 2.33. The Hall–Kier alpha value is -3.16. The van der Waals surface area contributed by atoms with E-state index in [0.29, 0.717) is 50.5 Å². The molecule has 0 aliphatic heterocycles. The van der Waals surface area contributed by atoms with Gasteiger partial charge in [0.1, 0.15) is 17.4 Å². The largest absolute Gasteiger partial charge is 0.497 e. The van der Waals surface area contributed by atoms with Crippen LogP contribution in [0.4, 0.5) is 17.5 Å². The van der Waals surface area contributed by atoms with Gasteiger partial charge in [-0.2, -0.15) is 4.98 Å². The lowest BCUT2D eigenvalue weighted by Crippen LogP contribution is -2.36. The van der Waals surface area contributed by atoms with Gasteiger partial charge in [-0.1, -0.05) is 0 Å². The average Bonchev–Trinajstić information content (AvgIpc) is 2.72. The highest BCUT2D eigenvalue weighted by molar-refractivity contribution is 5.84. The number of nitrogens with one attached hydrogen (secondary N) is 3. The number of carbonyl (C=O) groups is 2. The second-order valence-corrected chi connectivity index (χ2v) is 7.10. The molecule has 1 saturated carbocycles. The highest BCUT2D eigenvalue weighted by atomic mass is 16.5. The monoisotopic (exact) mass is 397 g/mol. The van der Waals surface area contributed by atoms with Crippen molar-refractivity contribution >= 4 is 29.1 Å². The van der Waals surface area contributed by atoms with E-state index in [9.17, 15) is 9.59 Å². The van der Waals surface area contributed by atoms with Crippen LogP contribution < -0.4 is 20.7 Å². The highest BCUT2D eigenvalue weighted by Crippen LogP contribution is 2.21. The molecule has 3 N–H and O–H groups in total. The molecule has 1 heterocycles. The van der Waals surface area contributed by atoms with Gasteiger partial charge in [0, 0.05) is 49.3 Å². The van der Waals surface area contributed by atoms with Gasteiger partial charge >= 0.3 is 0 Å². The predicted molar refractivity (Wildman–Crippen MR) is 112 cm³/mol. The Morgan fingerprint density at radius 3 is 2.55 bits per heavy atom. The maximum atomic E-state index is 12.2. The van der Waals surface area contributed by atoms with Gasteiger partial charge in [-0.3, -0.25) is 9.59 Å². The van der Waals surface area contributed by atoms with Crippen LogP contribution in [0, 0.1) is 12.8 Å². The Kier molecular flexibility index (Phi) is 6.99. The number of Topliss-reactive ketones (excluding diaryl/α,β-unsaturated/α-hetero) is 1. The minimum Gasteiger partial charge on any atom is -0.497 e. The molecule has 1 aliphatic rings. The maximum Gasteiger partial charge on any atom is 0.224 e. The number of hydrogen-bond donors (Lipinski definition) is 3. The van der Waals surface area contributed by atoms with Gasteiger partial charge in [0.25, 0.3) is 0 Å². The molecule has 1 aliphatic carbocycles. The minimum atomic E-state index is -0.0526. The average molecular weight is 397 g/mol. The van der Waals surface area contributed by atoms with Crippen molar-refractivity contribution in [2.45, 2.75) is 32.6 Å².